The van der Waals surface area contributed by atoms with Crippen molar-refractivity contribution in [2.75, 3.05) is 20.2 Å². The summed E-state index contributed by atoms with van der Waals surface area (Å²) < 4.78 is 0. The quantitative estimate of drug-likeness (QED) is 0.125. The van der Waals surface area contributed by atoms with E-state index in [1.165, 1.54) is 19.0 Å². The van der Waals surface area contributed by atoms with Gasteiger partial charge >= 0.3 is 5.97 Å². The molecule has 13 heteroatoms. The Morgan fingerprint density at radius 2 is 1.85 bits per heavy atom. The molecule has 0 fully saturated rings. The number of nitrogens with two attached hydrogens (primary N) is 2. The number of nitrogens with zero attached hydrogens (tertiary/aromatic N) is 1. The molecule has 150 valence electrons. The van der Waals surface area contributed by atoms with Crippen LogP contribution in [0.2, 0.25) is 0 Å². The number of carboxylic acid groups (broad SMARTS) is 1. The lowest BCUT2D eigenvalue weighted by atomic mass is 10.2. The number of carbonyl (C=O) groups excluding carboxylic acids is 2. The predicted octanol–water partition coefficient (Wildman–Crippen LogP) is -4.19. The fraction of sp³-hybridized carbons (Fsp3) is 0.692. The smallest absolute Gasteiger partial charge is 0.328 e. The minimum absolute atomic E-state index is 0.136. The number of amides is 2. The molecular weight excluding hydrogens is 368 g/mol. The molecule has 0 bridgehead atoms. The maximum atomic E-state index is 12.3. The summed E-state index contributed by atoms with van der Waals surface area (Å²) in [6.45, 7) is 1.10. The van der Waals surface area contributed by atoms with Crippen molar-refractivity contribution < 1.29 is 29.7 Å². The standard InChI is InChI=1S/C13H26N6O6S/c1-6(21)10(12(24)25)17-13(26)16-8(3-9(15)22)11(23)18-19(2)4-7(14)5-20/h6-8,10,20-21H,3-5,14H2,1-2H3,(H2,15,22)(H,18,23)(H,24,25)(H2,16,17,26)/t6?,7-,8+,10+/m1/s1. The van der Waals surface area contributed by atoms with Gasteiger partial charge in [0.2, 0.25) is 5.91 Å². The first-order valence-corrected chi connectivity index (χ1v) is 8.03. The second-order valence-electron chi connectivity index (χ2n) is 5.70. The summed E-state index contributed by atoms with van der Waals surface area (Å²) in [5, 5.41) is 33.2. The molecule has 0 aliphatic carbocycles. The van der Waals surface area contributed by atoms with Crippen LogP contribution in [0.4, 0.5) is 0 Å². The molecule has 4 atom stereocenters. The molecule has 0 heterocycles. The van der Waals surface area contributed by atoms with Crippen molar-refractivity contribution in [3.05, 3.63) is 0 Å². The summed E-state index contributed by atoms with van der Waals surface area (Å²) in [5.41, 5.74) is 13.1. The number of likely N-dealkylation sites (N-methyl/N-ethyl adjacent to an activating group) is 1. The minimum atomic E-state index is -1.41. The lowest BCUT2D eigenvalue weighted by Crippen LogP contribution is -2.58. The van der Waals surface area contributed by atoms with Gasteiger partial charge in [0.25, 0.3) is 5.91 Å². The van der Waals surface area contributed by atoms with Crippen LogP contribution >= 0.6 is 12.2 Å². The molecule has 0 aromatic heterocycles. The minimum Gasteiger partial charge on any atom is -0.480 e. The predicted molar refractivity (Wildman–Crippen MR) is 95.4 cm³/mol. The van der Waals surface area contributed by atoms with Crippen molar-refractivity contribution >= 4 is 35.1 Å². The number of carboxylic acids is 1. The molecule has 0 aromatic carbocycles. The first kappa shape index (κ1) is 23.9. The maximum Gasteiger partial charge on any atom is 0.328 e. The number of rotatable bonds is 11. The monoisotopic (exact) mass is 394 g/mol. The van der Waals surface area contributed by atoms with Crippen LogP contribution < -0.4 is 27.5 Å². The zero-order valence-corrected chi connectivity index (χ0v) is 15.3. The topological polar surface area (TPSA) is 203 Å². The number of aliphatic carboxylic acids is 1. The average Bonchev–Trinajstić information content (AvgIpc) is 2.50. The largest absolute Gasteiger partial charge is 0.480 e. The first-order chi connectivity index (χ1) is 12.0. The molecule has 0 rings (SSSR count). The van der Waals surface area contributed by atoms with Crippen LogP contribution in [0.5, 0.6) is 0 Å². The van der Waals surface area contributed by atoms with Gasteiger partial charge in [0, 0.05) is 19.6 Å². The van der Waals surface area contributed by atoms with E-state index in [-0.39, 0.29) is 18.3 Å². The highest BCUT2D eigenvalue weighted by Gasteiger charge is 2.27. The number of thiocarbonyl (C=S) groups is 1. The van der Waals surface area contributed by atoms with Crippen molar-refractivity contribution in [3.8, 4) is 0 Å². The normalized spacial score (nSPS) is 15.5. The highest BCUT2D eigenvalue weighted by molar-refractivity contribution is 7.80. The fourth-order valence-corrected chi connectivity index (χ4v) is 2.13. The molecule has 0 saturated heterocycles. The number of hydrogen-bond donors (Lipinski definition) is 8. The van der Waals surface area contributed by atoms with Crippen molar-refractivity contribution in [1.82, 2.24) is 21.1 Å². The second kappa shape index (κ2) is 11.5. The number of nitrogens with one attached hydrogen (secondary N) is 3. The molecule has 12 nitrogen and oxygen atoms in total. The fourth-order valence-electron chi connectivity index (χ4n) is 1.86. The number of hydrogen-bond acceptors (Lipinski definition) is 8. The molecule has 2 amide bonds. The van der Waals surface area contributed by atoms with Gasteiger partial charge in [-0.15, -0.1) is 0 Å². The maximum absolute atomic E-state index is 12.3. The lowest BCUT2D eigenvalue weighted by molar-refractivity contribution is -0.141. The molecule has 0 spiro atoms. The van der Waals surface area contributed by atoms with Crippen LogP contribution in [0.25, 0.3) is 0 Å². The Hall–Kier alpha value is -2.06. The summed E-state index contributed by atoms with van der Waals surface area (Å²) in [5.74, 6) is -2.82. The van der Waals surface area contributed by atoms with Crippen LogP contribution in [0.15, 0.2) is 0 Å². The van der Waals surface area contributed by atoms with Gasteiger partial charge in [-0.25, -0.2) is 9.80 Å². The molecule has 1 unspecified atom stereocenters. The summed E-state index contributed by atoms with van der Waals surface area (Å²) in [6, 6.07) is -3.19. The van der Waals surface area contributed by atoms with E-state index in [4.69, 9.17) is 33.9 Å². The van der Waals surface area contributed by atoms with Gasteiger partial charge in [-0.1, -0.05) is 0 Å². The molecule has 0 saturated carbocycles. The van der Waals surface area contributed by atoms with Crippen LogP contribution in [0.3, 0.4) is 0 Å². The Balaban J connectivity index is 4.92. The molecule has 26 heavy (non-hydrogen) atoms. The Morgan fingerprint density at radius 3 is 2.27 bits per heavy atom. The highest BCUT2D eigenvalue weighted by atomic mass is 32.1. The SMILES string of the molecule is CC(O)[C@H](NC(=S)N[C@@H](CC(N)=O)C(=O)NN(C)C[C@@H](N)CO)C(=O)O. The molecule has 0 aliphatic rings. The van der Waals surface area contributed by atoms with E-state index in [0.717, 1.165) is 0 Å². The molecule has 10 N–H and O–H groups in total. The number of aliphatic hydroxyl groups excluding tert-OH is 2. The van der Waals surface area contributed by atoms with E-state index in [9.17, 15) is 19.5 Å². The summed E-state index contributed by atoms with van der Waals surface area (Å²) >= 11 is 4.92. The number of aliphatic hydroxyl groups is 2. The van der Waals surface area contributed by atoms with Gasteiger partial charge in [-0.05, 0) is 19.1 Å². The molecule has 0 aliphatic heterocycles. The van der Waals surface area contributed by atoms with Crippen LogP contribution in [0.1, 0.15) is 13.3 Å². The van der Waals surface area contributed by atoms with E-state index < -0.39 is 48.4 Å². The van der Waals surface area contributed by atoms with Gasteiger partial charge in [0.05, 0.1) is 19.1 Å². The van der Waals surface area contributed by atoms with Crippen LogP contribution in [-0.4, -0.2) is 87.7 Å². The van der Waals surface area contributed by atoms with Crippen LogP contribution in [-0.2, 0) is 14.4 Å². The highest BCUT2D eigenvalue weighted by Crippen LogP contribution is 1.97. The second-order valence-corrected chi connectivity index (χ2v) is 6.10. The Bertz CT molecular complexity index is 519. The third-order valence-electron chi connectivity index (χ3n) is 3.11. The Morgan fingerprint density at radius 1 is 1.27 bits per heavy atom. The van der Waals surface area contributed by atoms with E-state index in [0.29, 0.717) is 0 Å². The molecule has 0 aromatic rings. The van der Waals surface area contributed by atoms with Crippen molar-refractivity contribution in [3.63, 3.8) is 0 Å². The van der Waals surface area contributed by atoms with E-state index in [1.54, 1.807) is 0 Å². The zero-order valence-electron chi connectivity index (χ0n) is 14.5. The third-order valence-corrected chi connectivity index (χ3v) is 3.34. The van der Waals surface area contributed by atoms with Crippen molar-refractivity contribution in [2.45, 2.75) is 37.6 Å². The Labute approximate surface area is 155 Å². The number of hydrazine groups is 1. The molecule has 0 radical (unpaired) electrons. The van der Waals surface area contributed by atoms with Gasteiger partial charge in [0.1, 0.15) is 6.04 Å². The zero-order chi connectivity index (χ0) is 20.4. The van der Waals surface area contributed by atoms with Gasteiger partial charge in [-0.3, -0.25) is 15.0 Å². The Kier molecular flexibility index (Phi) is 10.6. The summed E-state index contributed by atoms with van der Waals surface area (Å²) in [6.07, 6.45) is -1.68. The first-order valence-electron chi connectivity index (χ1n) is 7.62. The number of carbonyl (C=O) groups is 3. The van der Waals surface area contributed by atoms with E-state index in [2.05, 4.69) is 16.1 Å². The number of primary amides is 1. The van der Waals surface area contributed by atoms with Gasteiger partial charge < -0.3 is 37.4 Å². The van der Waals surface area contributed by atoms with E-state index in [1.807, 2.05) is 0 Å². The van der Waals surface area contributed by atoms with Gasteiger partial charge in [0.15, 0.2) is 11.2 Å². The average molecular weight is 394 g/mol. The summed E-state index contributed by atoms with van der Waals surface area (Å²) in [4.78, 5) is 34.5. The summed E-state index contributed by atoms with van der Waals surface area (Å²) in [7, 11) is 1.50. The lowest BCUT2D eigenvalue weighted by Gasteiger charge is -2.26. The van der Waals surface area contributed by atoms with Crippen LogP contribution in [0, 0.1) is 0 Å². The third kappa shape index (κ3) is 9.43. The van der Waals surface area contributed by atoms with Gasteiger partial charge in [-0.2, -0.15) is 0 Å². The van der Waals surface area contributed by atoms with Crippen molar-refractivity contribution in [2.24, 2.45) is 11.5 Å². The van der Waals surface area contributed by atoms with E-state index >= 15 is 0 Å². The molecular formula is C13H26N6O6S. The van der Waals surface area contributed by atoms with Crippen molar-refractivity contribution in [1.29, 1.82) is 0 Å².